The smallest absolute Gasteiger partial charge is 0.326 e. The van der Waals surface area contributed by atoms with Crippen molar-refractivity contribution in [3.63, 3.8) is 0 Å². The maximum absolute atomic E-state index is 13.7. The first-order valence-corrected chi connectivity index (χ1v) is 13.3. The lowest BCUT2D eigenvalue weighted by molar-refractivity contribution is -0.289. The number of nitrogens with zero attached hydrogens (tertiary/aromatic N) is 4. The SMILES string of the molecule is CCSc1cc(C(F)(F)F)cnc1-c1nc2cc(C(F)(F)C(F)(F)F)ccc2n1C.CCSc1cccnc1. The number of fused-ring (bicyclic) bond motifs is 1. The zero-order chi connectivity index (χ0) is 29.0. The number of pyridine rings is 2. The average molecular weight is 595 g/mol. The van der Waals surface area contributed by atoms with Crippen LogP contribution in [0.3, 0.4) is 0 Å². The molecule has 0 unspecified atom stereocenters. The Morgan fingerprint density at radius 2 is 1.54 bits per heavy atom. The van der Waals surface area contributed by atoms with Gasteiger partial charge in [0.25, 0.3) is 0 Å². The van der Waals surface area contributed by atoms with Crippen LogP contribution < -0.4 is 0 Å². The Balaban J connectivity index is 0.000000395. The number of aryl methyl sites for hydroxylation is 1. The number of aromatic nitrogens is 4. The summed E-state index contributed by atoms with van der Waals surface area (Å²) in [6.07, 6.45) is -6.09. The Hall–Kier alpha value is -2.87. The van der Waals surface area contributed by atoms with Gasteiger partial charge in [-0.3, -0.25) is 9.97 Å². The molecule has 0 saturated carbocycles. The highest BCUT2D eigenvalue weighted by atomic mass is 32.2. The standard InChI is InChI=1S/C18H13F8N3S.C7H9NS/c1-3-30-13-7-10(17(21,22)23)8-27-14(13)15-28-11-6-9(4-5-12(11)29(15)2)16(19,20)18(24,25)26;1-2-9-7-4-3-5-8-6-7/h4-8H,3H2,1-2H3;3-6H,2H2,1H3. The first-order chi connectivity index (χ1) is 18.2. The molecule has 3 heterocycles. The number of benzene rings is 1. The van der Waals surface area contributed by atoms with E-state index in [0.29, 0.717) is 24.1 Å². The highest BCUT2D eigenvalue weighted by Crippen LogP contribution is 2.44. The second-order valence-corrected chi connectivity index (χ2v) is 10.5. The van der Waals surface area contributed by atoms with Gasteiger partial charge in [0.05, 0.1) is 16.6 Å². The Bertz CT molecular complexity index is 1400. The molecule has 0 aliphatic heterocycles. The minimum absolute atomic E-state index is 0.0437. The van der Waals surface area contributed by atoms with Gasteiger partial charge in [0, 0.05) is 41.0 Å². The van der Waals surface area contributed by atoms with Crippen molar-refractivity contribution in [2.75, 3.05) is 11.5 Å². The molecule has 0 aliphatic carbocycles. The molecule has 0 bridgehead atoms. The van der Waals surface area contributed by atoms with Gasteiger partial charge in [-0.1, -0.05) is 19.9 Å². The Morgan fingerprint density at radius 1 is 0.846 bits per heavy atom. The molecule has 1 aromatic carbocycles. The molecule has 0 atom stereocenters. The van der Waals surface area contributed by atoms with Gasteiger partial charge in [-0.05, 0) is 41.8 Å². The van der Waals surface area contributed by atoms with Crippen molar-refractivity contribution in [2.45, 2.75) is 41.9 Å². The van der Waals surface area contributed by atoms with E-state index in [1.54, 1.807) is 13.1 Å². The van der Waals surface area contributed by atoms with E-state index in [1.807, 2.05) is 24.0 Å². The molecule has 4 nitrogen and oxygen atoms in total. The van der Waals surface area contributed by atoms with Crippen LogP contribution in [-0.2, 0) is 19.1 Å². The number of rotatable bonds is 6. The molecule has 0 amide bonds. The lowest BCUT2D eigenvalue weighted by Gasteiger charge is -2.19. The molecule has 39 heavy (non-hydrogen) atoms. The Labute approximate surface area is 227 Å². The normalized spacial score (nSPS) is 12.4. The molecule has 0 aliphatic rings. The maximum Gasteiger partial charge on any atom is 0.458 e. The van der Waals surface area contributed by atoms with E-state index in [0.717, 1.165) is 29.6 Å². The third-order valence-electron chi connectivity index (χ3n) is 5.24. The monoisotopic (exact) mass is 594 g/mol. The lowest BCUT2D eigenvalue weighted by Crippen LogP contribution is -2.33. The van der Waals surface area contributed by atoms with E-state index in [-0.39, 0.29) is 27.4 Å². The highest BCUT2D eigenvalue weighted by Gasteiger charge is 2.58. The summed E-state index contributed by atoms with van der Waals surface area (Å²) >= 11 is 2.88. The van der Waals surface area contributed by atoms with Crippen LogP contribution in [0.15, 0.2) is 64.8 Å². The number of hydrogen-bond acceptors (Lipinski definition) is 5. The fourth-order valence-corrected chi connectivity index (χ4v) is 4.85. The minimum atomic E-state index is -5.78. The van der Waals surface area contributed by atoms with E-state index in [9.17, 15) is 35.1 Å². The van der Waals surface area contributed by atoms with Gasteiger partial charge in [-0.15, -0.1) is 23.5 Å². The molecule has 3 aromatic heterocycles. The third kappa shape index (κ3) is 7.02. The van der Waals surface area contributed by atoms with Crippen LogP contribution in [0, 0.1) is 0 Å². The van der Waals surface area contributed by atoms with Gasteiger partial charge in [-0.2, -0.15) is 35.1 Å². The van der Waals surface area contributed by atoms with Gasteiger partial charge >= 0.3 is 18.3 Å². The van der Waals surface area contributed by atoms with Crippen molar-refractivity contribution in [1.82, 2.24) is 19.5 Å². The lowest BCUT2D eigenvalue weighted by atomic mass is 10.1. The molecule has 4 aromatic rings. The van der Waals surface area contributed by atoms with Gasteiger partial charge in [0.2, 0.25) is 0 Å². The fraction of sp³-hybridized carbons (Fsp3) is 0.320. The quantitative estimate of drug-likeness (QED) is 0.165. The summed E-state index contributed by atoms with van der Waals surface area (Å²) in [5.74, 6) is -3.50. The van der Waals surface area contributed by atoms with Crippen LogP contribution in [0.2, 0.25) is 0 Å². The largest absolute Gasteiger partial charge is 0.458 e. The first kappa shape index (κ1) is 30.7. The molecule has 0 N–H and O–H groups in total. The van der Waals surface area contributed by atoms with Crippen LogP contribution in [0.25, 0.3) is 22.6 Å². The van der Waals surface area contributed by atoms with Gasteiger partial charge in [0.15, 0.2) is 5.82 Å². The number of halogens is 8. The predicted molar refractivity (Wildman–Crippen MR) is 136 cm³/mol. The van der Waals surface area contributed by atoms with Crippen molar-refractivity contribution in [1.29, 1.82) is 0 Å². The molecule has 0 radical (unpaired) electrons. The van der Waals surface area contributed by atoms with Crippen molar-refractivity contribution in [3.8, 4) is 11.5 Å². The zero-order valence-corrected chi connectivity index (χ0v) is 22.4. The van der Waals surface area contributed by atoms with Gasteiger partial charge in [0.1, 0.15) is 5.69 Å². The van der Waals surface area contributed by atoms with Crippen LogP contribution in [-0.4, -0.2) is 37.2 Å². The molecular formula is C25H22F8N4S2. The van der Waals surface area contributed by atoms with E-state index < -0.39 is 29.4 Å². The molecule has 0 saturated heterocycles. The van der Waals surface area contributed by atoms with Crippen molar-refractivity contribution >= 4 is 34.6 Å². The molecule has 4 rings (SSSR count). The summed E-state index contributed by atoms with van der Waals surface area (Å²) in [5.41, 5.74) is -2.12. The molecule has 210 valence electrons. The molecule has 0 fully saturated rings. The number of alkyl halides is 8. The topological polar surface area (TPSA) is 43.6 Å². The van der Waals surface area contributed by atoms with Crippen LogP contribution in [0.5, 0.6) is 0 Å². The summed E-state index contributed by atoms with van der Waals surface area (Å²) in [6, 6.07) is 7.24. The summed E-state index contributed by atoms with van der Waals surface area (Å²) in [7, 11) is 1.46. The van der Waals surface area contributed by atoms with Crippen molar-refractivity contribution in [2.24, 2.45) is 7.05 Å². The van der Waals surface area contributed by atoms with Crippen LogP contribution >= 0.6 is 23.5 Å². The Kier molecular flexibility index (Phi) is 9.52. The van der Waals surface area contributed by atoms with E-state index in [2.05, 4.69) is 27.9 Å². The van der Waals surface area contributed by atoms with E-state index >= 15 is 0 Å². The number of imidazole rings is 1. The van der Waals surface area contributed by atoms with Crippen molar-refractivity contribution < 1.29 is 35.1 Å². The molecular weight excluding hydrogens is 572 g/mol. The van der Waals surface area contributed by atoms with Crippen LogP contribution in [0.4, 0.5) is 35.1 Å². The third-order valence-corrected chi connectivity index (χ3v) is 7.01. The molecule has 14 heteroatoms. The number of thioether (sulfide) groups is 2. The second kappa shape index (κ2) is 12.1. The summed E-state index contributed by atoms with van der Waals surface area (Å²) < 4.78 is 106. The van der Waals surface area contributed by atoms with Crippen molar-refractivity contribution in [3.05, 3.63) is 66.1 Å². The number of hydrogen-bond donors (Lipinski definition) is 0. The summed E-state index contributed by atoms with van der Waals surface area (Å²) in [5, 5.41) is 0. The van der Waals surface area contributed by atoms with E-state index in [4.69, 9.17) is 0 Å². The average Bonchev–Trinajstić information content (AvgIpc) is 3.20. The first-order valence-electron chi connectivity index (χ1n) is 11.3. The van der Waals surface area contributed by atoms with Gasteiger partial charge in [-0.25, -0.2) is 4.98 Å². The van der Waals surface area contributed by atoms with Crippen LogP contribution in [0.1, 0.15) is 25.0 Å². The van der Waals surface area contributed by atoms with E-state index in [1.165, 1.54) is 16.5 Å². The zero-order valence-electron chi connectivity index (χ0n) is 20.7. The summed E-state index contributed by atoms with van der Waals surface area (Å²) in [6.45, 7) is 3.85. The second-order valence-electron chi connectivity index (χ2n) is 7.89. The summed E-state index contributed by atoms with van der Waals surface area (Å²) in [4.78, 5) is 13.3. The maximum atomic E-state index is 13.7. The molecule has 0 spiro atoms. The fourth-order valence-electron chi connectivity index (χ4n) is 3.40. The highest BCUT2D eigenvalue weighted by molar-refractivity contribution is 7.99. The predicted octanol–water partition coefficient (Wildman–Crippen LogP) is 8.61. The van der Waals surface area contributed by atoms with Gasteiger partial charge < -0.3 is 4.57 Å². The Morgan fingerprint density at radius 3 is 2.10 bits per heavy atom. The minimum Gasteiger partial charge on any atom is -0.326 e.